The molecule has 132 valence electrons. The predicted molar refractivity (Wildman–Crippen MR) is 87.6 cm³/mol. The Balaban J connectivity index is 2.63. The Hall–Kier alpha value is -2.44. The number of ether oxygens (including phenoxy) is 1. The Labute approximate surface area is 140 Å². The fraction of sp³-hybridized carbons (Fsp3) is 0.412. The summed E-state index contributed by atoms with van der Waals surface area (Å²) in [5.41, 5.74) is 0.660. The molecule has 2 amide bonds. The van der Waals surface area contributed by atoms with Crippen molar-refractivity contribution in [2.24, 2.45) is 0 Å². The molecule has 7 heteroatoms. The number of hydrogen-bond acceptors (Lipinski definition) is 3. The first-order valence-electron chi connectivity index (χ1n) is 7.63. The molecular weight excluding hydrogens is 318 g/mol. The van der Waals surface area contributed by atoms with Gasteiger partial charge in [-0.25, -0.2) is 0 Å². The second-order valence-corrected chi connectivity index (χ2v) is 5.36. The number of benzene rings is 1. The van der Waals surface area contributed by atoms with Crippen LogP contribution in [0.1, 0.15) is 26.3 Å². The molecule has 1 aromatic rings. The number of carbonyl (C=O) groups is 2. The maximum atomic E-state index is 12.1. The van der Waals surface area contributed by atoms with Crippen molar-refractivity contribution in [1.82, 2.24) is 10.2 Å². The fourth-order valence-electron chi connectivity index (χ4n) is 1.92. The molecule has 0 aliphatic rings. The number of amides is 2. The van der Waals surface area contributed by atoms with Crippen LogP contribution in [-0.2, 0) is 9.59 Å². The maximum absolute atomic E-state index is 12.1. The zero-order valence-corrected chi connectivity index (χ0v) is 14.0. The summed E-state index contributed by atoms with van der Waals surface area (Å²) in [5.74, 6) is -0.472. The van der Waals surface area contributed by atoms with Crippen molar-refractivity contribution in [2.75, 3.05) is 13.1 Å². The third-order valence-corrected chi connectivity index (χ3v) is 3.00. The lowest BCUT2D eigenvalue weighted by Crippen LogP contribution is -2.42. The number of alkyl halides is 2. The van der Waals surface area contributed by atoms with Gasteiger partial charge in [0.25, 0.3) is 0 Å². The van der Waals surface area contributed by atoms with Crippen LogP contribution in [-0.4, -0.2) is 42.5 Å². The van der Waals surface area contributed by atoms with Crippen LogP contribution in [0.4, 0.5) is 8.78 Å². The van der Waals surface area contributed by atoms with Gasteiger partial charge in [-0.05, 0) is 44.5 Å². The second-order valence-electron chi connectivity index (χ2n) is 5.36. The number of nitrogens with zero attached hydrogens (tertiary/aromatic N) is 1. The van der Waals surface area contributed by atoms with Crippen molar-refractivity contribution in [2.45, 2.75) is 33.4 Å². The molecule has 0 spiro atoms. The molecule has 5 nitrogen and oxygen atoms in total. The maximum Gasteiger partial charge on any atom is 0.387 e. The van der Waals surface area contributed by atoms with Crippen LogP contribution in [0.3, 0.4) is 0 Å². The molecule has 1 N–H and O–H groups in total. The first-order chi connectivity index (χ1) is 11.3. The van der Waals surface area contributed by atoms with Crippen LogP contribution in [0.5, 0.6) is 5.75 Å². The molecule has 1 aromatic carbocycles. The fourth-order valence-corrected chi connectivity index (χ4v) is 1.92. The van der Waals surface area contributed by atoms with Crippen molar-refractivity contribution in [3.8, 4) is 5.75 Å². The average molecular weight is 340 g/mol. The van der Waals surface area contributed by atoms with Gasteiger partial charge in [-0.15, -0.1) is 0 Å². The monoisotopic (exact) mass is 340 g/mol. The third-order valence-electron chi connectivity index (χ3n) is 3.00. The smallest absolute Gasteiger partial charge is 0.387 e. The highest BCUT2D eigenvalue weighted by atomic mass is 19.3. The van der Waals surface area contributed by atoms with Gasteiger partial charge < -0.3 is 15.0 Å². The van der Waals surface area contributed by atoms with Crippen LogP contribution in [0.15, 0.2) is 30.3 Å². The minimum absolute atomic E-state index is 0.0100. The van der Waals surface area contributed by atoms with E-state index in [0.29, 0.717) is 12.1 Å². The van der Waals surface area contributed by atoms with Gasteiger partial charge >= 0.3 is 6.61 Å². The number of likely N-dealkylation sites (N-methyl/N-ethyl adjacent to an activating group) is 1. The third kappa shape index (κ3) is 7.21. The van der Waals surface area contributed by atoms with Gasteiger partial charge in [0, 0.05) is 18.7 Å². The van der Waals surface area contributed by atoms with E-state index in [0.717, 1.165) is 0 Å². The molecule has 0 unspecified atom stereocenters. The normalized spacial score (nSPS) is 11.1. The van der Waals surface area contributed by atoms with E-state index in [-0.39, 0.29) is 30.2 Å². The van der Waals surface area contributed by atoms with Crippen molar-refractivity contribution in [3.05, 3.63) is 35.9 Å². The summed E-state index contributed by atoms with van der Waals surface area (Å²) >= 11 is 0. The molecule has 0 atom stereocenters. The summed E-state index contributed by atoms with van der Waals surface area (Å²) in [7, 11) is 0. The van der Waals surface area contributed by atoms with Gasteiger partial charge in [0.15, 0.2) is 0 Å². The second kappa shape index (κ2) is 9.64. The Kier molecular flexibility index (Phi) is 7.88. The predicted octanol–water partition coefficient (Wildman–Crippen LogP) is 2.67. The molecule has 0 aliphatic carbocycles. The molecule has 0 radical (unpaired) electrons. The molecule has 0 heterocycles. The zero-order chi connectivity index (χ0) is 18.1. The average Bonchev–Trinajstić information content (AvgIpc) is 2.50. The summed E-state index contributed by atoms with van der Waals surface area (Å²) in [4.78, 5) is 25.2. The molecule has 0 saturated heterocycles. The van der Waals surface area contributed by atoms with E-state index in [1.807, 2.05) is 13.8 Å². The first-order valence-corrected chi connectivity index (χ1v) is 7.63. The summed E-state index contributed by atoms with van der Waals surface area (Å²) in [6.45, 7) is 2.98. The topological polar surface area (TPSA) is 58.6 Å². The number of nitrogens with one attached hydrogen (secondary N) is 1. The highest BCUT2D eigenvalue weighted by Crippen LogP contribution is 2.15. The lowest BCUT2D eigenvalue weighted by molar-refractivity contribution is -0.132. The lowest BCUT2D eigenvalue weighted by atomic mass is 10.2. The Bertz CT molecular complexity index is 572. The van der Waals surface area contributed by atoms with Crippen LogP contribution in [0.2, 0.25) is 0 Å². The summed E-state index contributed by atoms with van der Waals surface area (Å²) in [5, 5.41) is 2.73. The van der Waals surface area contributed by atoms with Crippen LogP contribution in [0.25, 0.3) is 6.08 Å². The van der Waals surface area contributed by atoms with E-state index in [2.05, 4.69) is 10.1 Å². The summed E-state index contributed by atoms with van der Waals surface area (Å²) in [6.07, 6.45) is 2.90. The zero-order valence-electron chi connectivity index (χ0n) is 14.0. The quantitative estimate of drug-likeness (QED) is 0.740. The number of carbonyl (C=O) groups excluding carboxylic acids is 2. The molecule has 0 aliphatic heterocycles. The summed E-state index contributed by atoms with van der Waals surface area (Å²) in [6, 6.07) is 5.91. The van der Waals surface area contributed by atoms with Crippen LogP contribution < -0.4 is 10.1 Å². The van der Waals surface area contributed by atoms with Gasteiger partial charge in [-0.2, -0.15) is 8.78 Å². The summed E-state index contributed by atoms with van der Waals surface area (Å²) < 4.78 is 28.4. The first kappa shape index (κ1) is 19.6. The van der Waals surface area contributed by atoms with Gasteiger partial charge in [0.05, 0.1) is 6.54 Å². The van der Waals surface area contributed by atoms with E-state index in [9.17, 15) is 18.4 Å². The van der Waals surface area contributed by atoms with E-state index in [1.165, 1.54) is 23.1 Å². The largest absolute Gasteiger partial charge is 0.435 e. The number of halogens is 2. The highest BCUT2D eigenvalue weighted by molar-refractivity contribution is 5.94. The SMILES string of the molecule is CCN(CC(=O)NC(C)C)C(=O)/C=C/c1ccc(OC(F)F)cc1. The van der Waals surface area contributed by atoms with Crippen molar-refractivity contribution in [1.29, 1.82) is 0 Å². The Morgan fingerprint density at radius 3 is 2.38 bits per heavy atom. The van der Waals surface area contributed by atoms with Crippen molar-refractivity contribution in [3.63, 3.8) is 0 Å². The molecule has 0 saturated carbocycles. The standard InChI is InChI=1S/C17H22F2N2O3/c1-4-21(11-15(22)20-12(2)3)16(23)10-7-13-5-8-14(9-6-13)24-17(18)19/h5-10,12,17H,4,11H2,1-3H3,(H,20,22)/b10-7+. The molecular formula is C17H22F2N2O3. The van der Waals surface area contributed by atoms with E-state index < -0.39 is 6.61 Å². The van der Waals surface area contributed by atoms with E-state index in [1.54, 1.807) is 25.1 Å². The minimum atomic E-state index is -2.87. The highest BCUT2D eigenvalue weighted by Gasteiger charge is 2.13. The van der Waals surface area contributed by atoms with E-state index in [4.69, 9.17) is 0 Å². The lowest BCUT2D eigenvalue weighted by Gasteiger charge is -2.19. The Morgan fingerprint density at radius 2 is 1.88 bits per heavy atom. The Morgan fingerprint density at radius 1 is 1.25 bits per heavy atom. The molecule has 0 bridgehead atoms. The molecule has 0 fully saturated rings. The van der Waals surface area contributed by atoms with Gasteiger partial charge in [-0.3, -0.25) is 9.59 Å². The molecule has 1 rings (SSSR count). The van der Waals surface area contributed by atoms with Crippen molar-refractivity contribution < 1.29 is 23.1 Å². The minimum Gasteiger partial charge on any atom is -0.435 e. The van der Waals surface area contributed by atoms with E-state index >= 15 is 0 Å². The van der Waals surface area contributed by atoms with Crippen molar-refractivity contribution >= 4 is 17.9 Å². The van der Waals surface area contributed by atoms with Gasteiger partial charge in [0.1, 0.15) is 5.75 Å². The van der Waals surface area contributed by atoms with Crippen LogP contribution in [0, 0.1) is 0 Å². The van der Waals surface area contributed by atoms with Crippen LogP contribution >= 0.6 is 0 Å². The number of hydrogen-bond donors (Lipinski definition) is 1. The van der Waals surface area contributed by atoms with Gasteiger partial charge in [-0.1, -0.05) is 12.1 Å². The molecule has 0 aromatic heterocycles. The molecule has 24 heavy (non-hydrogen) atoms. The van der Waals surface area contributed by atoms with Gasteiger partial charge in [0.2, 0.25) is 11.8 Å². The number of rotatable bonds is 8.